The standard InChI is InChI=1S/C23H28N2O/c1-23(20-11-6-3-7-12-20)13-8-14-25(17-23)22(26)24-16-19-15-21(19)18-9-4-2-5-10-18/h2-7,9-12,19,21H,8,13-17H2,1H3,(H,24,26)/t19-,21-,23?/m1/s1. The molecule has 0 spiro atoms. The Balaban J connectivity index is 1.31. The van der Waals surface area contributed by atoms with Crippen LogP contribution in [0.3, 0.4) is 0 Å². The van der Waals surface area contributed by atoms with E-state index in [9.17, 15) is 4.79 Å². The Morgan fingerprint density at radius 1 is 1.12 bits per heavy atom. The molecule has 4 rings (SSSR count). The van der Waals surface area contributed by atoms with Crippen LogP contribution in [0.15, 0.2) is 60.7 Å². The van der Waals surface area contributed by atoms with Crippen LogP contribution in [0.5, 0.6) is 0 Å². The number of carbonyl (C=O) groups is 1. The second-order valence-corrected chi connectivity index (χ2v) is 8.15. The number of nitrogens with zero attached hydrogens (tertiary/aromatic N) is 1. The van der Waals surface area contributed by atoms with E-state index in [0.717, 1.165) is 32.5 Å². The zero-order valence-electron chi connectivity index (χ0n) is 15.5. The lowest BCUT2D eigenvalue weighted by Gasteiger charge is -2.41. The van der Waals surface area contributed by atoms with Gasteiger partial charge in [0.1, 0.15) is 0 Å². The number of likely N-dealkylation sites (tertiary alicyclic amines) is 1. The van der Waals surface area contributed by atoms with Crippen molar-refractivity contribution in [2.75, 3.05) is 19.6 Å². The van der Waals surface area contributed by atoms with Gasteiger partial charge in [0.15, 0.2) is 0 Å². The van der Waals surface area contributed by atoms with Crippen LogP contribution in [0.4, 0.5) is 4.79 Å². The molecule has 0 radical (unpaired) electrons. The highest BCUT2D eigenvalue weighted by Gasteiger charge is 2.39. The maximum Gasteiger partial charge on any atom is 0.317 e. The van der Waals surface area contributed by atoms with Crippen LogP contribution in [0.1, 0.15) is 43.2 Å². The molecule has 1 aliphatic heterocycles. The summed E-state index contributed by atoms with van der Waals surface area (Å²) in [6, 6.07) is 21.4. The number of carbonyl (C=O) groups excluding carboxylic acids is 1. The molecule has 2 fully saturated rings. The quantitative estimate of drug-likeness (QED) is 0.863. The molecule has 26 heavy (non-hydrogen) atoms. The molecule has 1 heterocycles. The van der Waals surface area contributed by atoms with Gasteiger partial charge in [-0.3, -0.25) is 0 Å². The Morgan fingerprint density at radius 3 is 2.54 bits per heavy atom. The highest BCUT2D eigenvalue weighted by molar-refractivity contribution is 5.74. The Labute approximate surface area is 156 Å². The van der Waals surface area contributed by atoms with Gasteiger partial charge in [-0.15, -0.1) is 0 Å². The predicted molar refractivity (Wildman–Crippen MR) is 105 cm³/mol. The van der Waals surface area contributed by atoms with Gasteiger partial charge in [-0.05, 0) is 42.2 Å². The third kappa shape index (κ3) is 3.62. The van der Waals surface area contributed by atoms with E-state index in [1.165, 1.54) is 17.5 Å². The molecule has 2 aromatic carbocycles. The van der Waals surface area contributed by atoms with Crippen molar-refractivity contribution in [3.8, 4) is 0 Å². The molecular weight excluding hydrogens is 320 g/mol. The minimum Gasteiger partial charge on any atom is -0.338 e. The van der Waals surface area contributed by atoms with Crippen LogP contribution < -0.4 is 5.32 Å². The van der Waals surface area contributed by atoms with Crippen molar-refractivity contribution in [2.24, 2.45) is 5.92 Å². The summed E-state index contributed by atoms with van der Waals surface area (Å²) >= 11 is 0. The van der Waals surface area contributed by atoms with E-state index in [1.807, 2.05) is 4.90 Å². The summed E-state index contributed by atoms with van der Waals surface area (Å²) < 4.78 is 0. The van der Waals surface area contributed by atoms with Crippen LogP contribution in [0, 0.1) is 5.92 Å². The van der Waals surface area contributed by atoms with Crippen LogP contribution in [0.2, 0.25) is 0 Å². The minimum atomic E-state index is 0.0585. The summed E-state index contributed by atoms with van der Waals surface area (Å²) in [7, 11) is 0. The molecule has 3 heteroatoms. The summed E-state index contributed by atoms with van der Waals surface area (Å²) in [5.74, 6) is 1.21. The number of nitrogens with one attached hydrogen (secondary N) is 1. The number of piperidine rings is 1. The van der Waals surface area contributed by atoms with E-state index < -0.39 is 0 Å². The molecule has 1 saturated heterocycles. The molecule has 0 bridgehead atoms. The first-order valence-electron chi connectivity index (χ1n) is 9.79. The number of hydrogen-bond acceptors (Lipinski definition) is 1. The van der Waals surface area contributed by atoms with Gasteiger partial charge in [0.05, 0.1) is 0 Å². The van der Waals surface area contributed by atoms with Crippen molar-refractivity contribution in [3.05, 3.63) is 71.8 Å². The number of amides is 2. The summed E-state index contributed by atoms with van der Waals surface area (Å²) in [5.41, 5.74) is 2.80. The molecule has 1 aliphatic carbocycles. The van der Waals surface area contributed by atoms with E-state index >= 15 is 0 Å². The van der Waals surface area contributed by atoms with Crippen LogP contribution >= 0.6 is 0 Å². The van der Waals surface area contributed by atoms with Crippen LogP contribution in [-0.2, 0) is 5.41 Å². The third-order valence-corrected chi connectivity index (χ3v) is 6.12. The fourth-order valence-corrected chi connectivity index (χ4v) is 4.40. The molecule has 2 aromatic rings. The maximum absolute atomic E-state index is 12.7. The second-order valence-electron chi connectivity index (χ2n) is 8.15. The van der Waals surface area contributed by atoms with E-state index in [1.54, 1.807) is 0 Å². The van der Waals surface area contributed by atoms with Crippen molar-refractivity contribution in [1.29, 1.82) is 0 Å². The Morgan fingerprint density at radius 2 is 1.81 bits per heavy atom. The van der Waals surface area contributed by atoms with Crippen LogP contribution in [-0.4, -0.2) is 30.6 Å². The number of rotatable bonds is 4. The van der Waals surface area contributed by atoms with Gasteiger partial charge in [0.2, 0.25) is 0 Å². The van der Waals surface area contributed by atoms with Crippen molar-refractivity contribution in [1.82, 2.24) is 10.2 Å². The SMILES string of the molecule is CC1(c2ccccc2)CCCN(C(=O)NC[C@H]2C[C@@H]2c2ccccc2)C1. The van der Waals surface area contributed by atoms with Crippen molar-refractivity contribution >= 4 is 6.03 Å². The highest BCUT2D eigenvalue weighted by atomic mass is 16.2. The fourth-order valence-electron chi connectivity index (χ4n) is 4.40. The molecular formula is C23H28N2O. The Kier molecular flexibility index (Phi) is 4.71. The van der Waals surface area contributed by atoms with Crippen molar-refractivity contribution in [2.45, 2.75) is 37.5 Å². The lowest BCUT2D eigenvalue weighted by molar-refractivity contribution is 0.155. The Hall–Kier alpha value is -2.29. The van der Waals surface area contributed by atoms with Gasteiger partial charge >= 0.3 is 6.03 Å². The summed E-state index contributed by atoms with van der Waals surface area (Å²) in [6.07, 6.45) is 3.39. The maximum atomic E-state index is 12.7. The van der Waals surface area contributed by atoms with Gasteiger partial charge in [-0.2, -0.15) is 0 Å². The molecule has 2 aliphatic rings. The molecule has 0 aromatic heterocycles. The van der Waals surface area contributed by atoms with Crippen LogP contribution in [0.25, 0.3) is 0 Å². The molecule has 3 atom stereocenters. The summed E-state index contributed by atoms with van der Waals surface area (Å²) in [5, 5.41) is 3.19. The molecule has 2 amide bonds. The molecule has 1 N–H and O–H groups in total. The van der Waals surface area contributed by atoms with E-state index in [-0.39, 0.29) is 11.4 Å². The van der Waals surface area contributed by atoms with E-state index in [4.69, 9.17) is 0 Å². The molecule has 136 valence electrons. The van der Waals surface area contributed by atoms with Gasteiger partial charge in [-0.1, -0.05) is 67.6 Å². The van der Waals surface area contributed by atoms with Crippen molar-refractivity contribution < 1.29 is 4.79 Å². The lowest BCUT2D eigenvalue weighted by Crippen LogP contribution is -2.50. The fraction of sp³-hybridized carbons (Fsp3) is 0.435. The first-order valence-corrected chi connectivity index (χ1v) is 9.79. The minimum absolute atomic E-state index is 0.0585. The average molecular weight is 348 g/mol. The number of urea groups is 1. The largest absolute Gasteiger partial charge is 0.338 e. The zero-order valence-corrected chi connectivity index (χ0v) is 15.5. The monoisotopic (exact) mass is 348 g/mol. The average Bonchev–Trinajstić information content (AvgIpc) is 3.47. The topological polar surface area (TPSA) is 32.3 Å². The van der Waals surface area contributed by atoms with Gasteiger partial charge in [0, 0.05) is 25.0 Å². The second kappa shape index (κ2) is 7.14. The molecule has 3 nitrogen and oxygen atoms in total. The molecule has 1 saturated carbocycles. The summed E-state index contributed by atoms with van der Waals surface area (Å²) in [4.78, 5) is 14.7. The van der Waals surface area contributed by atoms with E-state index in [0.29, 0.717) is 11.8 Å². The van der Waals surface area contributed by atoms with Gasteiger partial charge in [-0.25, -0.2) is 4.79 Å². The normalized spacial score (nSPS) is 27.8. The highest BCUT2D eigenvalue weighted by Crippen LogP contribution is 2.46. The lowest BCUT2D eigenvalue weighted by atomic mass is 9.76. The number of hydrogen-bond donors (Lipinski definition) is 1. The zero-order chi connectivity index (χ0) is 18.0. The molecule has 1 unspecified atom stereocenters. The van der Waals surface area contributed by atoms with E-state index in [2.05, 4.69) is 72.9 Å². The third-order valence-electron chi connectivity index (χ3n) is 6.12. The first-order chi connectivity index (χ1) is 12.7. The first kappa shape index (κ1) is 17.1. The smallest absolute Gasteiger partial charge is 0.317 e. The number of benzene rings is 2. The van der Waals surface area contributed by atoms with Gasteiger partial charge in [0.25, 0.3) is 0 Å². The summed E-state index contributed by atoms with van der Waals surface area (Å²) in [6.45, 7) is 4.74. The van der Waals surface area contributed by atoms with Crippen molar-refractivity contribution in [3.63, 3.8) is 0 Å². The Bertz CT molecular complexity index is 745. The predicted octanol–water partition coefficient (Wildman–Crippen LogP) is 4.55. The van der Waals surface area contributed by atoms with Gasteiger partial charge < -0.3 is 10.2 Å².